The number of hydrogen-bond acceptors (Lipinski definition) is 5. The van der Waals surface area contributed by atoms with Gasteiger partial charge in [0.05, 0.1) is 18.8 Å². The van der Waals surface area contributed by atoms with Gasteiger partial charge in [0, 0.05) is 31.4 Å². The molecule has 0 spiro atoms. The number of piperidine rings is 1. The first-order valence-corrected chi connectivity index (χ1v) is 9.97. The van der Waals surface area contributed by atoms with E-state index in [1.165, 1.54) is 0 Å². The Labute approximate surface area is 133 Å². The van der Waals surface area contributed by atoms with E-state index in [2.05, 4.69) is 0 Å². The highest BCUT2D eigenvalue weighted by Gasteiger charge is 2.47. The molecule has 2 aliphatic rings. The molecule has 2 rings (SSSR count). The lowest BCUT2D eigenvalue weighted by molar-refractivity contribution is -0.166. The van der Waals surface area contributed by atoms with E-state index in [-0.39, 0.29) is 23.5 Å². The zero-order chi connectivity index (χ0) is 16.4. The van der Waals surface area contributed by atoms with Gasteiger partial charge in [0.25, 0.3) is 0 Å². The summed E-state index contributed by atoms with van der Waals surface area (Å²) in [7, 11) is -3.30. The first-order valence-electron chi connectivity index (χ1n) is 7.91. The van der Waals surface area contributed by atoms with Crippen molar-refractivity contribution >= 4 is 15.7 Å². The maximum Gasteiger partial charge on any atom is 0.237 e. The van der Waals surface area contributed by atoms with Crippen LogP contribution in [0.1, 0.15) is 33.1 Å². The van der Waals surface area contributed by atoms with Crippen molar-refractivity contribution in [3.8, 4) is 0 Å². The monoisotopic (exact) mass is 333 g/mol. The Morgan fingerprint density at radius 2 is 2.18 bits per heavy atom. The van der Waals surface area contributed by atoms with Crippen molar-refractivity contribution < 1.29 is 22.7 Å². The Morgan fingerprint density at radius 3 is 2.82 bits per heavy atom. The van der Waals surface area contributed by atoms with Crippen molar-refractivity contribution in [2.45, 2.75) is 45.3 Å². The summed E-state index contributed by atoms with van der Waals surface area (Å²) in [5.41, 5.74) is -0.200. The molecular formula is C15H27NO5S. The normalized spacial score (nSPS) is 29.5. The molecule has 0 bridgehead atoms. The van der Waals surface area contributed by atoms with Crippen LogP contribution < -0.4 is 0 Å². The standard InChI is InChI=1S/C15H27NO5S/c1-12(2)21-11-15-6-4-8-20-13(15)5-7-16(10-15)14(17)9-22(3,18)19/h12-13H,4-11H2,1-3H3/t13-,15-/m0/s1. The molecule has 0 saturated carbocycles. The van der Waals surface area contributed by atoms with E-state index >= 15 is 0 Å². The molecule has 0 N–H and O–H groups in total. The molecular weight excluding hydrogens is 306 g/mol. The molecule has 22 heavy (non-hydrogen) atoms. The van der Waals surface area contributed by atoms with E-state index in [1.54, 1.807) is 4.90 Å². The van der Waals surface area contributed by atoms with Crippen LogP contribution in [0.3, 0.4) is 0 Å². The van der Waals surface area contributed by atoms with E-state index in [4.69, 9.17) is 9.47 Å². The number of rotatable bonds is 5. The summed E-state index contributed by atoms with van der Waals surface area (Å²) in [4.78, 5) is 13.9. The summed E-state index contributed by atoms with van der Waals surface area (Å²) < 4.78 is 34.5. The predicted octanol–water partition coefficient (Wildman–Crippen LogP) is 0.854. The zero-order valence-electron chi connectivity index (χ0n) is 13.7. The van der Waals surface area contributed by atoms with Gasteiger partial charge in [-0.15, -0.1) is 0 Å². The second-order valence-corrected chi connectivity index (χ2v) is 9.00. The minimum absolute atomic E-state index is 0.0993. The molecule has 1 amide bonds. The molecule has 0 unspecified atom stereocenters. The number of likely N-dealkylation sites (tertiary alicyclic amines) is 1. The van der Waals surface area contributed by atoms with Crippen molar-refractivity contribution in [3.05, 3.63) is 0 Å². The van der Waals surface area contributed by atoms with Gasteiger partial charge in [-0.1, -0.05) is 0 Å². The molecule has 2 fully saturated rings. The van der Waals surface area contributed by atoms with Gasteiger partial charge in [0.2, 0.25) is 5.91 Å². The van der Waals surface area contributed by atoms with Gasteiger partial charge >= 0.3 is 0 Å². The van der Waals surface area contributed by atoms with Crippen LogP contribution >= 0.6 is 0 Å². The van der Waals surface area contributed by atoms with E-state index in [9.17, 15) is 13.2 Å². The number of ether oxygens (including phenoxy) is 2. The summed E-state index contributed by atoms with van der Waals surface area (Å²) in [5, 5.41) is 0. The fraction of sp³-hybridized carbons (Fsp3) is 0.933. The number of carbonyl (C=O) groups excluding carboxylic acids is 1. The summed E-state index contributed by atoms with van der Waals surface area (Å²) >= 11 is 0. The maximum absolute atomic E-state index is 12.2. The second kappa shape index (κ2) is 6.84. The molecule has 2 aliphatic heterocycles. The number of fused-ring (bicyclic) bond motifs is 1. The van der Waals surface area contributed by atoms with Gasteiger partial charge in [-0.2, -0.15) is 0 Å². The molecule has 0 aromatic carbocycles. The summed E-state index contributed by atoms with van der Waals surface area (Å²) in [6.45, 7) is 6.38. The maximum atomic E-state index is 12.2. The Morgan fingerprint density at radius 1 is 1.45 bits per heavy atom. The molecule has 6 nitrogen and oxygen atoms in total. The number of nitrogens with zero attached hydrogens (tertiary/aromatic N) is 1. The summed E-state index contributed by atoms with van der Waals surface area (Å²) in [5.74, 6) is -0.727. The molecule has 7 heteroatoms. The lowest BCUT2D eigenvalue weighted by Crippen LogP contribution is -2.58. The van der Waals surface area contributed by atoms with Crippen LogP contribution in [0.25, 0.3) is 0 Å². The Bertz CT molecular complexity index is 504. The van der Waals surface area contributed by atoms with Crippen LogP contribution in [0, 0.1) is 5.41 Å². The van der Waals surface area contributed by atoms with Gasteiger partial charge in [0.1, 0.15) is 5.75 Å². The Hall–Kier alpha value is -0.660. The highest BCUT2D eigenvalue weighted by molar-refractivity contribution is 7.91. The number of carbonyl (C=O) groups is 1. The highest BCUT2D eigenvalue weighted by atomic mass is 32.2. The molecule has 0 aliphatic carbocycles. The van der Waals surface area contributed by atoms with Gasteiger partial charge < -0.3 is 14.4 Å². The molecule has 0 aromatic heterocycles. The lowest BCUT2D eigenvalue weighted by atomic mass is 9.73. The smallest absolute Gasteiger partial charge is 0.237 e. The van der Waals surface area contributed by atoms with Crippen LogP contribution in [0.4, 0.5) is 0 Å². The summed E-state index contributed by atoms with van der Waals surface area (Å²) in [6, 6.07) is 0. The highest BCUT2D eigenvalue weighted by Crippen LogP contribution is 2.40. The van der Waals surface area contributed by atoms with E-state index < -0.39 is 15.6 Å². The number of hydrogen-bond donors (Lipinski definition) is 0. The van der Waals surface area contributed by atoms with Gasteiger partial charge in [-0.3, -0.25) is 4.79 Å². The minimum atomic E-state index is -3.30. The molecule has 2 saturated heterocycles. The SMILES string of the molecule is CC(C)OC[C@@]12CCCO[C@H]1CCN(C(=O)CS(C)(=O)=O)C2. The molecule has 2 heterocycles. The fourth-order valence-electron chi connectivity index (χ4n) is 3.36. The third-order valence-corrected chi connectivity index (χ3v) is 5.20. The second-order valence-electron chi connectivity index (χ2n) is 6.86. The van der Waals surface area contributed by atoms with Gasteiger partial charge in [-0.25, -0.2) is 8.42 Å². The van der Waals surface area contributed by atoms with Crippen molar-refractivity contribution in [2.24, 2.45) is 5.41 Å². The van der Waals surface area contributed by atoms with Gasteiger partial charge in [0.15, 0.2) is 9.84 Å². The molecule has 0 radical (unpaired) electrons. The zero-order valence-corrected chi connectivity index (χ0v) is 14.5. The third-order valence-electron chi connectivity index (χ3n) is 4.43. The molecule has 2 atom stereocenters. The minimum Gasteiger partial charge on any atom is -0.378 e. The number of amides is 1. The molecule has 0 aromatic rings. The summed E-state index contributed by atoms with van der Waals surface area (Å²) in [6.07, 6.45) is 3.97. The van der Waals surface area contributed by atoms with E-state index in [0.717, 1.165) is 32.1 Å². The third kappa shape index (κ3) is 4.43. The average Bonchev–Trinajstić information content (AvgIpc) is 2.43. The van der Waals surface area contributed by atoms with E-state index in [1.807, 2.05) is 13.8 Å². The van der Waals surface area contributed by atoms with Crippen molar-refractivity contribution in [3.63, 3.8) is 0 Å². The van der Waals surface area contributed by atoms with Crippen LogP contribution in [0.5, 0.6) is 0 Å². The fourth-order valence-corrected chi connectivity index (χ4v) is 3.99. The quantitative estimate of drug-likeness (QED) is 0.746. The van der Waals surface area contributed by atoms with Crippen LogP contribution in [0.15, 0.2) is 0 Å². The Kier molecular flexibility index (Phi) is 5.50. The van der Waals surface area contributed by atoms with Crippen LogP contribution in [-0.2, 0) is 24.1 Å². The van der Waals surface area contributed by atoms with Crippen molar-refractivity contribution in [1.82, 2.24) is 4.90 Å². The van der Waals surface area contributed by atoms with Gasteiger partial charge in [-0.05, 0) is 33.1 Å². The van der Waals surface area contributed by atoms with E-state index in [0.29, 0.717) is 19.7 Å². The average molecular weight is 333 g/mol. The van der Waals surface area contributed by atoms with Crippen LogP contribution in [0.2, 0.25) is 0 Å². The largest absolute Gasteiger partial charge is 0.378 e. The van der Waals surface area contributed by atoms with Crippen molar-refractivity contribution in [2.75, 3.05) is 38.3 Å². The first kappa shape index (κ1) is 17.7. The predicted molar refractivity (Wildman–Crippen MR) is 83.4 cm³/mol. The first-order chi connectivity index (χ1) is 10.2. The van der Waals surface area contributed by atoms with Crippen LogP contribution in [-0.4, -0.2) is 69.7 Å². The lowest BCUT2D eigenvalue weighted by Gasteiger charge is -2.50. The Balaban J connectivity index is 2.10. The topological polar surface area (TPSA) is 72.9 Å². The number of sulfone groups is 1. The molecule has 128 valence electrons. The van der Waals surface area contributed by atoms with Crippen molar-refractivity contribution in [1.29, 1.82) is 0 Å².